The summed E-state index contributed by atoms with van der Waals surface area (Å²) in [7, 11) is 0. The summed E-state index contributed by atoms with van der Waals surface area (Å²) in [5.74, 6) is -0.286. The van der Waals surface area contributed by atoms with Gasteiger partial charge in [-0.1, -0.05) is 60.2 Å². The summed E-state index contributed by atoms with van der Waals surface area (Å²) in [6, 6.07) is 25.3. The summed E-state index contributed by atoms with van der Waals surface area (Å²) in [6.07, 6.45) is 3.52. The molecule has 0 saturated heterocycles. The molecule has 1 heterocycles. The van der Waals surface area contributed by atoms with Crippen molar-refractivity contribution in [2.75, 3.05) is 0 Å². The number of carbonyl (C=O) groups is 1. The van der Waals surface area contributed by atoms with E-state index in [0.29, 0.717) is 5.56 Å². The fourth-order valence-corrected chi connectivity index (χ4v) is 3.46. The second-order valence-electron chi connectivity index (χ2n) is 6.76. The first kappa shape index (κ1) is 19.8. The second kappa shape index (κ2) is 8.88. The Hall–Kier alpha value is -3.51. The molecule has 0 fully saturated rings. The van der Waals surface area contributed by atoms with Gasteiger partial charge in [-0.2, -0.15) is 10.2 Å². The van der Waals surface area contributed by atoms with Gasteiger partial charge in [0.1, 0.15) is 5.69 Å². The molecule has 148 valence electrons. The quantitative estimate of drug-likeness (QED) is 0.322. The van der Waals surface area contributed by atoms with Crippen molar-refractivity contribution in [1.82, 2.24) is 15.2 Å². The highest BCUT2D eigenvalue weighted by molar-refractivity contribution is 9.10. The van der Waals surface area contributed by atoms with Crippen LogP contribution in [0.2, 0.25) is 0 Å². The molecule has 1 N–H and O–H groups in total. The molecule has 4 rings (SSSR count). The zero-order valence-electron chi connectivity index (χ0n) is 16.3. The summed E-state index contributed by atoms with van der Waals surface area (Å²) in [6.45, 7) is 2.05. The van der Waals surface area contributed by atoms with Gasteiger partial charge in [-0.15, -0.1) is 0 Å². The van der Waals surface area contributed by atoms with E-state index in [1.54, 1.807) is 12.3 Å². The lowest BCUT2D eigenvalue weighted by molar-refractivity contribution is 0.0954. The molecule has 4 aromatic rings. The molecule has 0 aliphatic heterocycles. The van der Waals surface area contributed by atoms with Crippen LogP contribution < -0.4 is 5.43 Å². The first-order chi connectivity index (χ1) is 14.6. The maximum absolute atomic E-state index is 12.4. The smallest absolute Gasteiger partial charge is 0.267 e. The highest BCUT2D eigenvalue weighted by Crippen LogP contribution is 2.23. The number of nitrogens with one attached hydrogen (secondary N) is 1. The minimum absolute atomic E-state index is 0.286. The van der Waals surface area contributed by atoms with Crippen molar-refractivity contribution in [3.63, 3.8) is 0 Å². The molecule has 0 aliphatic rings. The second-order valence-corrected chi connectivity index (χ2v) is 7.61. The van der Waals surface area contributed by atoms with Crippen LogP contribution in [0.5, 0.6) is 0 Å². The molecule has 0 unspecified atom stereocenters. The van der Waals surface area contributed by atoms with Crippen molar-refractivity contribution in [1.29, 1.82) is 0 Å². The van der Waals surface area contributed by atoms with Gasteiger partial charge in [-0.05, 0) is 47.1 Å². The molecule has 0 radical (unpaired) electrons. The van der Waals surface area contributed by atoms with E-state index < -0.39 is 0 Å². The van der Waals surface area contributed by atoms with Gasteiger partial charge in [0.25, 0.3) is 5.91 Å². The van der Waals surface area contributed by atoms with Gasteiger partial charge in [0, 0.05) is 21.8 Å². The Labute approximate surface area is 183 Å². The van der Waals surface area contributed by atoms with E-state index in [1.807, 2.05) is 90.6 Å². The topological polar surface area (TPSA) is 59.3 Å². The molecule has 0 atom stereocenters. The molecule has 30 heavy (non-hydrogen) atoms. The number of hydrogen-bond acceptors (Lipinski definition) is 3. The van der Waals surface area contributed by atoms with Crippen LogP contribution in [-0.4, -0.2) is 21.9 Å². The number of amides is 1. The first-order valence-electron chi connectivity index (χ1n) is 9.42. The summed E-state index contributed by atoms with van der Waals surface area (Å²) >= 11 is 3.38. The monoisotopic (exact) mass is 458 g/mol. The number of benzene rings is 3. The molecule has 5 nitrogen and oxygen atoms in total. The Morgan fingerprint density at radius 1 is 1.00 bits per heavy atom. The fraction of sp³-hybridized carbons (Fsp3) is 0.0417. The van der Waals surface area contributed by atoms with Crippen LogP contribution in [0.25, 0.3) is 16.9 Å². The lowest BCUT2D eigenvalue weighted by Gasteiger charge is -2.02. The largest absolute Gasteiger partial charge is 0.272 e. The third kappa shape index (κ3) is 4.39. The Morgan fingerprint density at radius 3 is 2.43 bits per heavy atom. The van der Waals surface area contributed by atoms with E-state index in [4.69, 9.17) is 5.10 Å². The lowest BCUT2D eigenvalue weighted by atomic mass is 10.1. The van der Waals surface area contributed by atoms with E-state index in [2.05, 4.69) is 26.5 Å². The van der Waals surface area contributed by atoms with E-state index in [1.165, 1.54) is 5.56 Å². The normalized spacial score (nSPS) is 11.0. The fourth-order valence-electron chi connectivity index (χ4n) is 3.00. The number of rotatable bonds is 5. The van der Waals surface area contributed by atoms with Crippen LogP contribution >= 0.6 is 15.9 Å². The van der Waals surface area contributed by atoms with Crippen LogP contribution in [0.15, 0.2) is 94.6 Å². The number of hydrazone groups is 1. The third-order valence-corrected chi connectivity index (χ3v) is 5.27. The van der Waals surface area contributed by atoms with E-state index in [9.17, 15) is 4.79 Å². The summed E-state index contributed by atoms with van der Waals surface area (Å²) in [4.78, 5) is 12.4. The summed E-state index contributed by atoms with van der Waals surface area (Å²) in [5, 5.41) is 8.93. The van der Waals surface area contributed by atoms with E-state index in [0.717, 1.165) is 27.0 Å². The highest BCUT2D eigenvalue weighted by Gasteiger charge is 2.12. The van der Waals surface area contributed by atoms with Crippen LogP contribution in [0.3, 0.4) is 0 Å². The number of halogens is 1. The van der Waals surface area contributed by atoms with Crippen molar-refractivity contribution in [2.45, 2.75) is 6.92 Å². The minimum atomic E-state index is -0.286. The van der Waals surface area contributed by atoms with Crippen LogP contribution in [0.1, 0.15) is 21.5 Å². The summed E-state index contributed by atoms with van der Waals surface area (Å²) < 4.78 is 2.53. The van der Waals surface area contributed by atoms with Gasteiger partial charge >= 0.3 is 0 Å². The Morgan fingerprint density at radius 2 is 1.70 bits per heavy atom. The van der Waals surface area contributed by atoms with Crippen molar-refractivity contribution in [3.8, 4) is 16.9 Å². The Bertz CT molecular complexity index is 1200. The maximum atomic E-state index is 12.4. The van der Waals surface area contributed by atoms with Gasteiger partial charge in [-0.25, -0.2) is 10.1 Å². The van der Waals surface area contributed by atoms with Crippen molar-refractivity contribution >= 4 is 28.1 Å². The number of para-hydroxylation sites is 1. The predicted molar refractivity (Wildman–Crippen MR) is 123 cm³/mol. The van der Waals surface area contributed by atoms with Crippen molar-refractivity contribution < 1.29 is 4.79 Å². The SMILES string of the molecule is Cc1ccc(-c2nn(-c3ccccc3)cc2C=NNC(=O)c2ccccc2Br)cc1. The Kier molecular flexibility index (Phi) is 5.86. The van der Waals surface area contributed by atoms with Gasteiger partial charge in [0.15, 0.2) is 0 Å². The van der Waals surface area contributed by atoms with Gasteiger partial charge < -0.3 is 0 Å². The molecule has 0 aliphatic carbocycles. The molecule has 0 spiro atoms. The minimum Gasteiger partial charge on any atom is -0.267 e. The maximum Gasteiger partial charge on any atom is 0.272 e. The number of hydrogen-bond donors (Lipinski definition) is 1. The van der Waals surface area contributed by atoms with E-state index >= 15 is 0 Å². The van der Waals surface area contributed by atoms with Gasteiger partial charge in [-0.3, -0.25) is 4.79 Å². The van der Waals surface area contributed by atoms with Gasteiger partial charge in [0.05, 0.1) is 17.5 Å². The van der Waals surface area contributed by atoms with E-state index in [-0.39, 0.29) is 5.91 Å². The molecular formula is C24H19BrN4O. The molecule has 3 aromatic carbocycles. The average molecular weight is 459 g/mol. The molecule has 1 amide bonds. The zero-order valence-corrected chi connectivity index (χ0v) is 17.9. The summed E-state index contributed by atoms with van der Waals surface area (Å²) in [5.41, 5.74) is 7.81. The number of aromatic nitrogens is 2. The van der Waals surface area contributed by atoms with Crippen LogP contribution in [0.4, 0.5) is 0 Å². The standard InChI is InChI=1S/C24H19BrN4O/c1-17-11-13-18(14-12-17)23-19(16-29(28-23)20-7-3-2-4-8-20)15-26-27-24(30)21-9-5-6-10-22(21)25/h2-16H,1H3,(H,27,30). The van der Waals surface area contributed by atoms with Crippen LogP contribution in [-0.2, 0) is 0 Å². The molecule has 0 saturated carbocycles. The van der Waals surface area contributed by atoms with Crippen LogP contribution in [0, 0.1) is 6.92 Å². The average Bonchev–Trinajstić information content (AvgIpc) is 3.19. The van der Waals surface area contributed by atoms with Gasteiger partial charge in [0.2, 0.25) is 0 Å². The van der Waals surface area contributed by atoms with Crippen molar-refractivity contribution in [2.24, 2.45) is 5.10 Å². The number of carbonyl (C=O) groups excluding carboxylic acids is 1. The third-order valence-electron chi connectivity index (χ3n) is 4.58. The molecule has 6 heteroatoms. The van der Waals surface area contributed by atoms with Crippen molar-refractivity contribution in [3.05, 3.63) is 106 Å². The Balaban J connectivity index is 1.65. The number of aryl methyl sites for hydroxylation is 1. The lowest BCUT2D eigenvalue weighted by Crippen LogP contribution is -2.18. The molecule has 1 aromatic heterocycles. The number of nitrogens with zero attached hydrogens (tertiary/aromatic N) is 3. The molecule has 0 bridgehead atoms. The first-order valence-corrected chi connectivity index (χ1v) is 10.2. The predicted octanol–water partition coefficient (Wildman–Crippen LogP) is 5.37. The highest BCUT2D eigenvalue weighted by atomic mass is 79.9. The molecular weight excluding hydrogens is 440 g/mol. The zero-order chi connectivity index (χ0) is 20.9.